The van der Waals surface area contributed by atoms with Crippen LogP contribution >= 0.6 is 15.9 Å². The van der Waals surface area contributed by atoms with Crippen molar-refractivity contribution < 1.29 is 9.90 Å². The van der Waals surface area contributed by atoms with Gasteiger partial charge < -0.3 is 15.0 Å². The molecule has 1 aromatic heterocycles. The second-order valence-corrected chi connectivity index (χ2v) is 6.17. The summed E-state index contributed by atoms with van der Waals surface area (Å²) in [6.07, 6.45) is 4.78. The van der Waals surface area contributed by atoms with Crippen molar-refractivity contribution in [3.63, 3.8) is 0 Å². The lowest BCUT2D eigenvalue weighted by Gasteiger charge is -2.30. The molecule has 1 aromatic carbocycles. The summed E-state index contributed by atoms with van der Waals surface area (Å²) in [6, 6.07) is 6.42. The molecule has 0 radical (unpaired) electrons. The van der Waals surface area contributed by atoms with Gasteiger partial charge in [-0.3, -0.25) is 0 Å². The van der Waals surface area contributed by atoms with Crippen LogP contribution in [0, 0.1) is 0 Å². The molecule has 0 saturated heterocycles. The molecule has 1 saturated carbocycles. The SMILES string of the molecule is O=C(O)N[C@@H]1CCC[C@H](n2cnc3cc(Br)ccc32)C1. The third-order valence-electron chi connectivity index (χ3n) is 3.90. The molecule has 1 fully saturated rings. The molecule has 5 nitrogen and oxygen atoms in total. The van der Waals surface area contributed by atoms with E-state index in [1.54, 1.807) is 0 Å². The van der Waals surface area contributed by atoms with Crippen LogP contribution in [0.5, 0.6) is 0 Å². The molecule has 1 heterocycles. The van der Waals surface area contributed by atoms with E-state index in [9.17, 15) is 4.79 Å². The van der Waals surface area contributed by atoms with Crippen molar-refractivity contribution in [1.82, 2.24) is 14.9 Å². The number of rotatable bonds is 2. The molecule has 1 aliphatic carbocycles. The van der Waals surface area contributed by atoms with Crippen molar-refractivity contribution in [2.75, 3.05) is 0 Å². The van der Waals surface area contributed by atoms with Crippen LogP contribution in [-0.4, -0.2) is 26.8 Å². The highest BCUT2D eigenvalue weighted by molar-refractivity contribution is 9.10. The predicted molar refractivity (Wildman–Crippen MR) is 79.9 cm³/mol. The Hall–Kier alpha value is -1.56. The number of aromatic nitrogens is 2. The molecule has 2 N–H and O–H groups in total. The molecule has 0 bridgehead atoms. The maximum atomic E-state index is 10.8. The number of nitrogens with one attached hydrogen (secondary N) is 1. The van der Waals surface area contributed by atoms with E-state index in [4.69, 9.17) is 5.11 Å². The van der Waals surface area contributed by atoms with Gasteiger partial charge in [-0.1, -0.05) is 15.9 Å². The minimum Gasteiger partial charge on any atom is -0.465 e. The molecule has 0 spiro atoms. The molecule has 1 aliphatic rings. The molecule has 106 valence electrons. The number of imidazole rings is 1. The van der Waals surface area contributed by atoms with E-state index in [1.807, 2.05) is 18.5 Å². The van der Waals surface area contributed by atoms with Gasteiger partial charge in [0.2, 0.25) is 0 Å². The average molecular weight is 338 g/mol. The zero-order valence-corrected chi connectivity index (χ0v) is 12.5. The van der Waals surface area contributed by atoms with Crippen LogP contribution in [0.25, 0.3) is 11.0 Å². The summed E-state index contributed by atoms with van der Waals surface area (Å²) in [5.41, 5.74) is 2.07. The van der Waals surface area contributed by atoms with Crippen molar-refractivity contribution in [3.05, 3.63) is 29.0 Å². The Balaban J connectivity index is 1.85. The maximum absolute atomic E-state index is 10.8. The van der Waals surface area contributed by atoms with E-state index in [2.05, 4.69) is 36.9 Å². The highest BCUT2D eigenvalue weighted by Gasteiger charge is 2.25. The van der Waals surface area contributed by atoms with Crippen LogP contribution in [0.15, 0.2) is 29.0 Å². The average Bonchev–Trinajstić information content (AvgIpc) is 2.81. The Morgan fingerprint density at radius 2 is 2.30 bits per heavy atom. The number of hydrogen-bond acceptors (Lipinski definition) is 2. The molecule has 0 aliphatic heterocycles. The first-order chi connectivity index (χ1) is 9.63. The molecule has 3 rings (SSSR count). The van der Waals surface area contributed by atoms with Crippen molar-refractivity contribution in [2.45, 2.75) is 37.8 Å². The number of amides is 1. The van der Waals surface area contributed by atoms with Gasteiger partial charge in [0.05, 0.1) is 17.4 Å². The minimum absolute atomic E-state index is 0.0409. The van der Waals surface area contributed by atoms with Crippen molar-refractivity contribution >= 4 is 33.1 Å². The van der Waals surface area contributed by atoms with Crippen LogP contribution in [0.4, 0.5) is 4.79 Å². The van der Waals surface area contributed by atoms with Gasteiger partial charge in [-0.05, 0) is 43.9 Å². The summed E-state index contributed by atoms with van der Waals surface area (Å²) in [5, 5.41) is 11.5. The van der Waals surface area contributed by atoms with Crippen LogP contribution in [0.3, 0.4) is 0 Å². The number of halogens is 1. The molecule has 6 heteroatoms. The number of nitrogens with zero attached hydrogens (tertiary/aromatic N) is 2. The standard InChI is InChI=1S/C14H16BrN3O2/c15-9-4-5-13-12(6-9)16-8-18(13)11-3-1-2-10(7-11)17-14(19)20/h4-6,8,10-11,17H,1-3,7H2,(H,19,20)/t10-,11+/m1/s1. The largest absolute Gasteiger partial charge is 0.465 e. The second kappa shape index (κ2) is 5.44. The van der Waals surface area contributed by atoms with Crippen LogP contribution < -0.4 is 5.32 Å². The lowest BCUT2D eigenvalue weighted by molar-refractivity contribution is 0.182. The van der Waals surface area contributed by atoms with Crippen LogP contribution in [0.1, 0.15) is 31.7 Å². The molecule has 1 amide bonds. The third kappa shape index (κ3) is 2.65. The topological polar surface area (TPSA) is 67.2 Å². The van der Waals surface area contributed by atoms with Gasteiger partial charge in [0.25, 0.3) is 0 Å². The lowest BCUT2D eigenvalue weighted by Crippen LogP contribution is -2.37. The first-order valence-corrected chi connectivity index (χ1v) is 7.54. The summed E-state index contributed by atoms with van der Waals surface area (Å²) in [7, 11) is 0. The number of fused-ring (bicyclic) bond motifs is 1. The van der Waals surface area contributed by atoms with Crippen molar-refractivity contribution in [3.8, 4) is 0 Å². The van der Waals surface area contributed by atoms with Gasteiger partial charge in [-0.15, -0.1) is 0 Å². The van der Waals surface area contributed by atoms with Gasteiger partial charge in [0, 0.05) is 16.6 Å². The van der Waals surface area contributed by atoms with E-state index in [1.165, 1.54) is 0 Å². The first-order valence-electron chi connectivity index (χ1n) is 6.75. The number of benzene rings is 1. The van der Waals surface area contributed by atoms with Crippen LogP contribution in [0.2, 0.25) is 0 Å². The highest BCUT2D eigenvalue weighted by atomic mass is 79.9. The van der Waals surface area contributed by atoms with Gasteiger partial charge in [0.1, 0.15) is 0 Å². The zero-order chi connectivity index (χ0) is 14.1. The van der Waals surface area contributed by atoms with E-state index in [0.29, 0.717) is 6.04 Å². The Kier molecular flexibility index (Phi) is 3.65. The van der Waals surface area contributed by atoms with E-state index >= 15 is 0 Å². The molecular weight excluding hydrogens is 322 g/mol. The predicted octanol–water partition coefficient (Wildman–Crippen LogP) is 3.55. The second-order valence-electron chi connectivity index (χ2n) is 5.25. The number of carboxylic acid groups (broad SMARTS) is 1. The quantitative estimate of drug-likeness (QED) is 0.880. The summed E-state index contributed by atoms with van der Waals surface area (Å²) in [6.45, 7) is 0. The van der Waals surface area contributed by atoms with E-state index < -0.39 is 6.09 Å². The number of hydrogen-bond donors (Lipinski definition) is 2. The Morgan fingerprint density at radius 3 is 3.10 bits per heavy atom. The highest BCUT2D eigenvalue weighted by Crippen LogP contribution is 2.31. The van der Waals surface area contributed by atoms with Crippen molar-refractivity contribution in [2.24, 2.45) is 0 Å². The Labute approximate surface area is 125 Å². The summed E-state index contributed by atoms with van der Waals surface area (Å²) >= 11 is 3.45. The fourth-order valence-electron chi connectivity index (χ4n) is 3.02. The fourth-order valence-corrected chi connectivity index (χ4v) is 3.37. The fraction of sp³-hybridized carbons (Fsp3) is 0.429. The molecule has 2 aromatic rings. The zero-order valence-electron chi connectivity index (χ0n) is 10.9. The summed E-state index contributed by atoms with van der Waals surface area (Å²) in [5.74, 6) is 0. The van der Waals surface area contributed by atoms with Gasteiger partial charge in [-0.2, -0.15) is 0 Å². The summed E-state index contributed by atoms with van der Waals surface area (Å²) in [4.78, 5) is 15.2. The molecule has 2 atom stereocenters. The van der Waals surface area contributed by atoms with E-state index in [-0.39, 0.29) is 6.04 Å². The third-order valence-corrected chi connectivity index (χ3v) is 4.40. The Morgan fingerprint density at radius 1 is 1.45 bits per heavy atom. The first kappa shape index (κ1) is 13.4. The minimum atomic E-state index is -0.935. The normalized spacial score (nSPS) is 22.9. The van der Waals surface area contributed by atoms with E-state index in [0.717, 1.165) is 41.2 Å². The van der Waals surface area contributed by atoms with Crippen molar-refractivity contribution in [1.29, 1.82) is 0 Å². The van der Waals surface area contributed by atoms with Gasteiger partial charge in [0.15, 0.2) is 0 Å². The lowest BCUT2D eigenvalue weighted by atomic mass is 9.91. The van der Waals surface area contributed by atoms with Gasteiger partial charge in [-0.25, -0.2) is 9.78 Å². The smallest absolute Gasteiger partial charge is 0.404 e. The monoisotopic (exact) mass is 337 g/mol. The molecule has 0 unspecified atom stereocenters. The molecule has 20 heavy (non-hydrogen) atoms. The molecular formula is C14H16BrN3O2. The number of carbonyl (C=O) groups is 1. The maximum Gasteiger partial charge on any atom is 0.404 e. The van der Waals surface area contributed by atoms with Crippen LogP contribution in [-0.2, 0) is 0 Å². The Bertz CT molecular complexity index is 640. The van der Waals surface area contributed by atoms with Gasteiger partial charge >= 0.3 is 6.09 Å². The summed E-state index contributed by atoms with van der Waals surface area (Å²) < 4.78 is 3.20.